The molecule has 0 aliphatic carbocycles. The minimum atomic E-state index is -0.0489. The van der Waals surface area contributed by atoms with Crippen LogP contribution in [0.1, 0.15) is 28.5 Å². The Bertz CT molecular complexity index is 984. The predicted octanol–water partition coefficient (Wildman–Crippen LogP) is 4.34. The van der Waals surface area contributed by atoms with Crippen LogP contribution in [0.15, 0.2) is 66.9 Å². The fraction of sp³-hybridized carbons (Fsp3) is 0.250. The van der Waals surface area contributed by atoms with Gasteiger partial charge in [0.15, 0.2) is 0 Å². The Morgan fingerprint density at radius 1 is 1.14 bits per heavy atom. The van der Waals surface area contributed by atoms with Crippen molar-refractivity contribution >= 4 is 17.3 Å². The average molecular weight is 387 g/mol. The number of pyridine rings is 1. The van der Waals surface area contributed by atoms with Gasteiger partial charge >= 0.3 is 0 Å². The Hall–Kier alpha value is -3.34. The summed E-state index contributed by atoms with van der Waals surface area (Å²) in [6, 6.07) is 20.0. The van der Waals surface area contributed by atoms with Gasteiger partial charge in [0.25, 0.3) is 5.91 Å². The molecule has 4 rings (SSSR count). The van der Waals surface area contributed by atoms with Gasteiger partial charge in [0.05, 0.1) is 19.0 Å². The van der Waals surface area contributed by atoms with Crippen molar-refractivity contribution < 1.29 is 9.53 Å². The quantitative estimate of drug-likeness (QED) is 0.684. The third-order valence-electron chi connectivity index (χ3n) is 5.31. The number of methoxy groups -OCH3 is 1. The second kappa shape index (κ2) is 8.35. The van der Waals surface area contributed by atoms with Crippen molar-refractivity contribution in [3.05, 3.63) is 83.7 Å². The first-order valence-electron chi connectivity index (χ1n) is 9.90. The molecular formula is C24H25N3O2. The van der Waals surface area contributed by atoms with Crippen LogP contribution in [0.5, 0.6) is 5.75 Å². The van der Waals surface area contributed by atoms with Gasteiger partial charge in [-0.05, 0) is 61.2 Å². The van der Waals surface area contributed by atoms with E-state index in [-0.39, 0.29) is 11.9 Å². The van der Waals surface area contributed by atoms with Crippen molar-refractivity contribution in [2.45, 2.75) is 25.8 Å². The van der Waals surface area contributed by atoms with E-state index in [9.17, 15) is 4.79 Å². The number of para-hydroxylation sites is 1. The number of nitrogens with one attached hydrogen (secondary N) is 1. The molecule has 1 aromatic heterocycles. The summed E-state index contributed by atoms with van der Waals surface area (Å²) in [4.78, 5) is 19.3. The fourth-order valence-corrected chi connectivity index (χ4v) is 3.77. The van der Waals surface area contributed by atoms with Gasteiger partial charge in [-0.15, -0.1) is 0 Å². The molecule has 0 spiro atoms. The Morgan fingerprint density at radius 3 is 2.66 bits per heavy atom. The summed E-state index contributed by atoms with van der Waals surface area (Å²) < 4.78 is 5.18. The highest BCUT2D eigenvalue weighted by Gasteiger charge is 2.31. The molecule has 5 nitrogen and oxygen atoms in total. The lowest BCUT2D eigenvalue weighted by molar-refractivity contribution is 0.0976. The summed E-state index contributed by atoms with van der Waals surface area (Å²) in [6.07, 6.45) is 3.51. The number of fused-ring (bicyclic) bond motifs is 1. The Morgan fingerprint density at radius 2 is 1.93 bits per heavy atom. The summed E-state index contributed by atoms with van der Waals surface area (Å²) in [6.45, 7) is 2.87. The Balaban J connectivity index is 1.37. The summed E-state index contributed by atoms with van der Waals surface area (Å²) in [5, 5.41) is 3.36. The molecular weight excluding hydrogens is 362 g/mol. The molecule has 29 heavy (non-hydrogen) atoms. The second-order valence-electron chi connectivity index (χ2n) is 7.31. The van der Waals surface area contributed by atoms with Crippen molar-refractivity contribution in [2.75, 3.05) is 23.9 Å². The lowest BCUT2D eigenvalue weighted by atomic mass is 10.1. The molecule has 1 aliphatic rings. The highest BCUT2D eigenvalue weighted by molar-refractivity contribution is 6.06. The second-order valence-corrected chi connectivity index (χ2v) is 7.31. The standard InChI is InChI=1S/C24H25N3O2/c1-17-15-19-5-3-4-6-23(19)27(17)24(28)22-12-9-20(16-26-22)25-14-13-18-7-10-21(29-2)11-8-18/h3-12,16-17,25H,13-15H2,1-2H3. The van der Waals surface area contributed by atoms with E-state index in [1.165, 1.54) is 11.1 Å². The first-order valence-corrected chi connectivity index (χ1v) is 9.90. The largest absolute Gasteiger partial charge is 0.497 e. The zero-order valence-corrected chi connectivity index (χ0v) is 16.8. The van der Waals surface area contributed by atoms with Crippen molar-refractivity contribution in [1.82, 2.24) is 4.98 Å². The van der Waals surface area contributed by atoms with E-state index in [1.807, 2.05) is 41.3 Å². The molecule has 2 heterocycles. The number of rotatable bonds is 6. The van der Waals surface area contributed by atoms with Crippen LogP contribution in [-0.4, -0.2) is 30.6 Å². The zero-order valence-electron chi connectivity index (χ0n) is 16.8. The smallest absolute Gasteiger partial charge is 0.277 e. The van der Waals surface area contributed by atoms with Crippen LogP contribution in [0.4, 0.5) is 11.4 Å². The van der Waals surface area contributed by atoms with Crippen LogP contribution >= 0.6 is 0 Å². The minimum Gasteiger partial charge on any atom is -0.497 e. The molecule has 1 aliphatic heterocycles. The number of hydrogen-bond donors (Lipinski definition) is 1. The molecule has 1 unspecified atom stereocenters. The van der Waals surface area contributed by atoms with Crippen LogP contribution in [-0.2, 0) is 12.8 Å². The molecule has 0 saturated heterocycles. The summed E-state index contributed by atoms with van der Waals surface area (Å²) in [7, 11) is 1.67. The lowest BCUT2D eigenvalue weighted by Crippen LogP contribution is -2.36. The number of amides is 1. The van der Waals surface area contributed by atoms with E-state index in [2.05, 4.69) is 35.4 Å². The molecule has 0 bridgehead atoms. The molecule has 0 radical (unpaired) electrons. The van der Waals surface area contributed by atoms with Crippen molar-refractivity contribution in [3.8, 4) is 5.75 Å². The SMILES string of the molecule is COc1ccc(CCNc2ccc(C(=O)N3c4ccccc4CC3C)nc2)cc1. The van der Waals surface area contributed by atoms with E-state index in [4.69, 9.17) is 4.74 Å². The molecule has 3 aromatic rings. The van der Waals surface area contributed by atoms with Crippen LogP contribution in [0.2, 0.25) is 0 Å². The highest BCUT2D eigenvalue weighted by atomic mass is 16.5. The number of hydrogen-bond acceptors (Lipinski definition) is 4. The van der Waals surface area contributed by atoms with Gasteiger partial charge in [0.1, 0.15) is 11.4 Å². The van der Waals surface area contributed by atoms with Crippen molar-refractivity contribution in [2.24, 2.45) is 0 Å². The summed E-state index contributed by atoms with van der Waals surface area (Å²) >= 11 is 0. The molecule has 0 fully saturated rings. The number of aromatic nitrogens is 1. The maximum Gasteiger partial charge on any atom is 0.277 e. The van der Waals surface area contributed by atoms with Crippen LogP contribution in [0.3, 0.4) is 0 Å². The molecule has 0 saturated carbocycles. The zero-order chi connectivity index (χ0) is 20.2. The minimum absolute atomic E-state index is 0.0489. The first kappa shape index (κ1) is 19.0. The van der Waals surface area contributed by atoms with E-state index >= 15 is 0 Å². The molecule has 1 atom stereocenters. The van der Waals surface area contributed by atoms with Gasteiger partial charge in [0, 0.05) is 18.3 Å². The summed E-state index contributed by atoms with van der Waals surface area (Å²) in [5.74, 6) is 0.813. The fourth-order valence-electron chi connectivity index (χ4n) is 3.77. The number of nitrogens with zero attached hydrogens (tertiary/aromatic N) is 2. The van der Waals surface area contributed by atoms with Gasteiger partial charge in [-0.1, -0.05) is 30.3 Å². The number of benzene rings is 2. The monoisotopic (exact) mass is 387 g/mol. The highest BCUT2D eigenvalue weighted by Crippen LogP contribution is 2.32. The average Bonchev–Trinajstić information content (AvgIpc) is 3.10. The van der Waals surface area contributed by atoms with Gasteiger partial charge in [-0.3, -0.25) is 4.79 Å². The normalized spacial score (nSPS) is 15.1. The molecule has 1 amide bonds. The van der Waals surface area contributed by atoms with Gasteiger partial charge < -0.3 is 15.0 Å². The third-order valence-corrected chi connectivity index (χ3v) is 5.31. The van der Waals surface area contributed by atoms with E-state index < -0.39 is 0 Å². The molecule has 2 aromatic carbocycles. The lowest BCUT2D eigenvalue weighted by Gasteiger charge is -2.22. The predicted molar refractivity (Wildman–Crippen MR) is 116 cm³/mol. The van der Waals surface area contributed by atoms with Crippen molar-refractivity contribution in [1.29, 1.82) is 0 Å². The Labute approximate surface area is 171 Å². The van der Waals surface area contributed by atoms with Crippen LogP contribution < -0.4 is 15.0 Å². The van der Waals surface area contributed by atoms with Gasteiger partial charge in [-0.2, -0.15) is 0 Å². The molecule has 1 N–H and O–H groups in total. The van der Waals surface area contributed by atoms with E-state index in [0.717, 1.165) is 36.5 Å². The number of carbonyl (C=O) groups is 1. The third kappa shape index (κ3) is 4.09. The number of ether oxygens (including phenoxy) is 1. The number of anilines is 2. The van der Waals surface area contributed by atoms with Gasteiger partial charge in [-0.25, -0.2) is 4.98 Å². The maximum absolute atomic E-state index is 13.0. The maximum atomic E-state index is 13.0. The van der Waals surface area contributed by atoms with Crippen LogP contribution in [0.25, 0.3) is 0 Å². The van der Waals surface area contributed by atoms with Gasteiger partial charge in [0.2, 0.25) is 0 Å². The summed E-state index contributed by atoms with van der Waals surface area (Å²) in [5.41, 5.74) is 4.82. The van der Waals surface area contributed by atoms with E-state index in [0.29, 0.717) is 5.69 Å². The van der Waals surface area contributed by atoms with Crippen LogP contribution in [0, 0.1) is 0 Å². The molecule has 5 heteroatoms. The Kier molecular flexibility index (Phi) is 5.47. The van der Waals surface area contributed by atoms with E-state index in [1.54, 1.807) is 19.4 Å². The van der Waals surface area contributed by atoms with Crippen molar-refractivity contribution in [3.63, 3.8) is 0 Å². The topological polar surface area (TPSA) is 54.5 Å². The number of carbonyl (C=O) groups excluding carboxylic acids is 1. The molecule has 148 valence electrons. The first-order chi connectivity index (χ1) is 14.2.